The number of fused-ring (bicyclic) bond motifs is 1. The fourth-order valence-corrected chi connectivity index (χ4v) is 7.46. The zero-order valence-corrected chi connectivity index (χ0v) is 25.7. The first-order valence-electron chi connectivity index (χ1n) is 15.5. The van der Waals surface area contributed by atoms with E-state index in [0.29, 0.717) is 18.0 Å². The number of unbranched alkanes of at least 4 members (excludes halogenated alkanes) is 4. The van der Waals surface area contributed by atoms with Crippen LogP contribution in [0.4, 0.5) is 0 Å². The summed E-state index contributed by atoms with van der Waals surface area (Å²) in [5, 5.41) is 13.7. The van der Waals surface area contributed by atoms with Gasteiger partial charge in [0.25, 0.3) is 0 Å². The minimum atomic E-state index is -3.16. The molecular weight excluding hydrogens is 538 g/mol. The molecule has 0 spiro atoms. The molecule has 0 aromatic heterocycles. The van der Waals surface area contributed by atoms with Gasteiger partial charge < -0.3 is 24.6 Å². The second kappa shape index (κ2) is 15.5. The van der Waals surface area contributed by atoms with Crippen LogP contribution in [0, 0.1) is 0 Å². The van der Waals surface area contributed by atoms with Crippen molar-refractivity contribution in [2.24, 2.45) is 0 Å². The van der Waals surface area contributed by atoms with Crippen LogP contribution in [0.1, 0.15) is 101 Å². The molecule has 1 aliphatic heterocycles. The van der Waals surface area contributed by atoms with E-state index >= 15 is 0 Å². The van der Waals surface area contributed by atoms with Crippen molar-refractivity contribution in [2.75, 3.05) is 26.3 Å². The van der Waals surface area contributed by atoms with Gasteiger partial charge in [-0.15, -0.1) is 0 Å². The SMILES string of the molecule is CC1(C)OCc2cc([C@@H](O)CNCCCCCCOCCCCc3ccc(S(=O)(=O)C4CCCC4)cc3)ccc2O1. The number of aryl methyl sites for hydroxylation is 1. The number of hydrogen-bond donors (Lipinski definition) is 2. The van der Waals surface area contributed by atoms with Crippen LogP contribution in [0.15, 0.2) is 47.4 Å². The molecule has 228 valence electrons. The highest BCUT2D eigenvalue weighted by Gasteiger charge is 2.30. The van der Waals surface area contributed by atoms with Gasteiger partial charge in [-0.05, 0) is 86.9 Å². The van der Waals surface area contributed by atoms with Crippen molar-refractivity contribution in [1.82, 2.24) is 5.32 Å². The van der Waals surface area contributed by atoms with E-state index in [9.17, 15) is 13.5 Å². The molecule has 8 heteroatoms. The lowest BCUT2D eigenvalue weighted by Crippen LogP contribution is -2.35. The molecule has 1 heterocycles. The summed E-state index contributed by atoms with van der Waals surface area (Å²) in [7, 11) is -3.16. The Balaban J connectivity index is 0.971. The molecule has 7 nitrogen and oxygen atoms in total. The van der Waals surface area contributed by atoms with E-state index < -0.39 is 21.7 Å². The molecule has 4 rings (SSSR count). The third kappa shape index (κ3) is 9.79. The van der Waals surface area contributed by atoms with Crippen molar-refractivity contribution >= 4 is 9.84 Å². The average Bonchev–Trinajstić information content (AvgIpc) is 3.51. The molecule has 0 bridgehead atoms. The highest BCUT2D eigenvalue weighted by atomic mass is 32.2. The highest BCUT2D eigenvalue weighted by molar-refractivity contribution is 7.92. The number of rotatable bonds is 17. The first-order valence-corrected chi connectivity index (χ1v) is 17.0. The first kappa shape index (κ1) is 32.0. The van der Waals surface area contributed by atoms with Gasteiger partial charge in [-0.3, -0.25) is 0 Å². The number of aliphatic hydroxyl groups excluding tert-OH is 1. The van der Waals surface area contributed by atoms with Crippen molar-refractivity contribution in [3.05, 3.63) is 59.2 Å². The fraction of sp³-hybridized carbons (Fsp3) is 0.636. The van der Waals surface area contributed by atoms with Crippen LogP contribution in [-0.4, -0.2) is 50.9 Å². The average molecular weight is 588 g/mol. The highest BCUT2D eigenvalue weighted by Crippen LogP contribution is 2.33. The minimum Gasteiger partial charge on any atom is -0.463 e. The van der Waals surface area contributed by atoms with Gasteiger partial charge in [-0.2, -0.15) is 0 Å². The molecule has 1 atom stereocenters. The Bertz CT molecular complexity index is 1170. The predicted octanol–water partition coefficient (Wildman–Crippen LogP) is 6.27. The molecule has 2 aromatic carbocycles. The number of aliphatic hydroxyl groups is 1. The maximum Gasteiger partial charge on any atom is 0.205 e. The van der Waals surface area contributed by atoms with Crippen LogP contribution >= 0.6 is 0 Å². The largest absolute Gasteiger partial charge is 0.463 e. The van der Waals surface area contributed by atoms with Crippen molar-refractivity contribution in [3.8, 4) is 5.75 Å². The summed E-state index contributed by atoms with van der Waals surface area (Å²) in [6.45, 7) is 7.26. The molecule has 0 amide bonds. The molecule has 2 N–H and O–H groups in total. The molecule has 0 radical (unpaired) electrons. The van der Waals surface area contributed by atoms with Gasteiger partial charge in [0.1, 0.15) is 5.75 Å². The Morgan fingerprint density at radius 3 is 2.44 bits per heavy atom. The van der Waals surface area contributed by atoms with Crippen LogP contribution in [0.2, 0.25) is 0 Å². The van der Waals surface area contributed by atoms with E-state index in [0.717, 1.165) is 107 Å². The van der Waals surface area contributed by atoms with E-state index in [1.165, 1.54) is 5.56 Å². The van der Waals surface area contributed by atoms with Crippen LogP contribution in [0.3, 0.4) is 0 Å². The quantitative estimate of drug-likeness (QED) is 0.211. The molecule has 2 aromatic rings. The Morgan fingerprint density at radius 2 is 1.68 bits per heavy atom. The summed E-state index contributed by atoms with van der Waals surface area (Å²) < 4.78 is 42.8. The molecule has 41 heavy (non-hydrogen) atoms. The Labute approximate surface area is 246 Å². The van der Waals surface area contributed by atoms with Gasteiger partial charge in [-0.25, -0.2) is 8.42 Å². The number of hydrogen-bond acceptors (Lipinski definition) is 7. The second-order valence-electron chi connectivity index (χ2n) is 12.0. The lowest BCUT2D eigenvalue weighted by atomic mass is 10.0. The van der Waals surface area contributed by atoms with Gasteiger partial charge in [0.15, 0.2) is 9.84 Å². The van der Waals surface area contributed by atoms with Crippen molar-refractivity contribution < 1.29 is 27.7 Å². The molecule has 1 fully saturated rings. The van der Waals surface area contributed by atoms with Gasteiger partial charge in [0, 0.05) is 39.2 Å². The Morgan fingerprint density at radius 1 is 0.976 bits per heavy atom. The third-order valence-electron chi connectivity index (χ3n) is 8.13. The van der Waals surface area contributed by atoms with Crippen LogP contribution in [0.5, 0.6) is 5.75 Å². The van der Waals surface area contributed by atoms with Crippen molar-refractivity contribution in [3.63, 3.8) is 0 Å². The van der Waals surface area contributed by atoms with Crippen LogP contribution in [-0.2, 0) is 32.3 Å². The normalized spacial score (nSPS) is 17.7. The number of benzene rings is 2. The fourth-order valence-electron chi connectivity index (χ4n) is 5.60. The van der Waals surface area contributed by atoms with Crippen molar-refractivity contribution in [2.45, 2.75) is 113 Å². The van der Waals surface area contributed by atoms with E-state index in [1.807, 2.05) is 44.2 Å². The van der Waals surface area contributed by atoms with Gasteiger partial charge in [0.05, 0.1) is 22.9 Å². The molecule has 0 unspecified atom stereocenters. The van der Waals surface area contributed by atoms with Crippen LogP contribution < -0.4 is 10.1 Å². The summed E-state index contributed by atoms with van der Waals surface area (Å²) >= 11 is 0. The Hall–Kier alpha value is -1.97. The molecule has 2 aliphatic rings. The first-order chi connectivity index (χ1) is 19.7. The smallest absolute Gasteiger partial charge is 0.205 e. The minimum absolute atomic E-state index is 0.187. The maximum absolute atomic E-state index is 12.7. The third-order valence-corrected chi connectivity index (χ3v) is 10.4. The lowest BCUT2D eigenvalue weighted by molar-refractivity contribution is -0.180. The maximum atomic E-state index is 12.7. The zero-order valence-electron chi connectivity index (χ0n) is 24.9. The molecule has 1 saturated carbocycles. The van der Waals surface area contributed by atoms with E-state index in [-0.39, 0.29) is 5.25 Å². The summed E-state index contributed by atoms with van der Waals surface area (Å²) in [6, 6.07) is 13.3. The second-order valence-corrected chi connectivity index (χ2v) is 14.2. The van der Waals surface area contributed by atoms with E-state index in [2.05, 4.69) is 5.32 Å². The predicted molar refractivity (Wildman–Crippen MR) is 162 cm³/mol. The van der Waals surface area contributed by atoms with Gasteiger partial charge in [0.2, 0.25) is 5.79 Å². The topological polar surface area (TPSA) is 94.1 Å². The van der Waals surface area contributed by atoms with E-state index in [4.69, 9.17) is 14.2 Å². The Kier molecular flexibility index (Phi) is 12.1. The summed E-state index contributed by atoms with van der Waals surface area (Å²) in [6.07, 6.45) is 10.5. The van der Waals surface area contributed by atoms with Crippen LogP contribution in [0.25, 0.3) is 0 Å². The molecule has 1 aliphatic carbocycles. The summed E-state index contributed by atoms with van der Waals surface area (Å²) in [5.41, 5.74) is 3.04. The summed E-state index contributed by atoms with van der Waals surface area (Å²) in [4.78, 5) is 0.478. The number of sulfone groups is 1. The number of nitrogens with one attached hydrogen (secondary N) is 1. The van der Waals surface area contributed by atoms with Crippen molar-refractivity contribution in [1.29, 1.82) is 0 Å². The lowest BCUT2D eigenvalue weighted by Gasteiger charge is -2.33. The monoisotopic (exact) mass is 587 g/mol. The number of ether oxygens (including phenoxy) is 3. The summed E-state index contributed by atoms with van der Waals surface area (Å²) in [5.74, 6) is 0.213. The molecule has 0 saturated heterocycles. The van der Waals surface area contributed by atoms with Gasteiger partial charge in [-0.1, -0.05) is 43.9 Å². The van der Waals surface area contributed by atoms with E-state index in [1.54, 1.807) is 12.1 Å². The molecular formula is C33H49NO6S. The zero-order chi connectivity index (χ0) is 29.1. The van der Waals surface area contributed by atoms with Gasteiger partial charge >= 0.3 is 0 Å². The standard InChI is InChI=1S/C33H49NO6S/c1-33(2)39-25-28-23-27(16-19-32(28)40-33)31(35)24-34-20-8-3-4-9-21-38-22-10-7-11-26-14-17-30(18-15-26)41(36,37)29-12-5-6-13-29/h14-19,23,29,31,34-35H,3-13,20-22,24-25H2,1-2H3/t31-/m0/s1.